The van der Waals surface area contributed by atoms with Crippen LogP contribution in [0.25, 0.3) is 0 Å². The Labute approximate surface area is 103 Å². The van der Waals surface area contributed by atoms with Crippen LogP contribution in [-0.4, -0.2) is 35.4 Å². The van der Waals surface area contributed by atoms with Gasteiger partial charge >= 0.3 is 6.03 Å². The fourth-order valence-corrected chi connectivity index (χ4v) is 1.89. The van der Waals surface area contributed by atoms with Crippen LogP contribution in [0.4, 0.5) is 19.3 Å². The number of carbonyl (C=O) groups is 1. The molecule has 0 unspecified atom stereocenters. The maximum atomic E-state index is 12.0. The molecule has 5 nitrogen and oxygen atoms in total. The molecule has 0 aliphatic carbocycles. The molecule has 3 N–H and O–H groups in total. The summed E-state index contributed by atoms with van der Waals surface area (Å²) in [5, 5.41) is 2.18. The minimum Gasteiger partial charge on any atom is -0.397 e. The first kappa shape index (κ1) is 12.5. The molecule has 1 aromatic heterocycles. The lowest BCUT2D eigenvalue weighted by molar-refractivity contribution is 0.138. The summed E-state index contributed by atoms with van der Waals surface area (Å²) in [6, 6.07) is 1.28. The Hall–Kier alpha value is -1.92. The van der Waals surface area contributed by atoms with E-state index in [1.807, 2.05) is 0 Å². The van der Waals surface area contributed by atoms with Gasteiger partial charge in [0.15, 0.2) is 0 Å². The van der Waals surface area contributed by atoms with Gasteiger partial charge in [0.2, 0.25) is 0 Å². The summed E-state index contributed by atoms with van der Waals surface area (Å²) in [6.45, 7) is 0.193. The monoisotopic (exact) mass is 256 g/mol. The summed E-state index contributed by atoms with van der Waals surface area (Å²) in [7, 11) is 0. The van der Waals surface area contributed by atoms with Crippen LogP contribution in [0.1, 0.15) is 11.3 Å². The van der Waals surface area contributed by atoms with Crippen LogP contribution in [0.3, 0.4) is 0 Å². The maximum Gasteiger partial charge on any atom is 0.317 e. The van der Waals surface area contributed by atoms with E-state index in [1.54, 1.807) is 12.3 Å². The van der Waals surface area contributed by atoms with Crippen LogP contribution in [0, 0.1) is 0 Å². The number of nitrogens with zero attached hydrogens (tertiary/aromatic N) is 2. The fraction of sp³-hybridized carbons (Fsp3) is 0.455. The van der Waals surface area contributed by atoms with Crippen LogP contribution in [0.5, 0.6) is 0 Å². The molecular formula is C11H14F2N4O. The average molecular weight is 256 g/mol. The minimum atomic E-state index is -2.54. The van der Waals surface area contributed by atoms with Crippen molar-refractivity contribution in [2.24, 2.45) is 0 Å². The summed E-state index contributed by atoms with van der Waals surface area (Å²) >= 11 is 0. The summed E-state index contributed by atoms with van der Waals surface area (Å²) in [6.07, 6.45) is -0.355. The third-order valence-corrected chi connectivity index (χ3v) is 2.76. The Morgan fingerprint density at radius 1 is 1.61 bits per heavy atom. The van der Waals surface area contributed by atoms with Gasteiger partial charge in [0.25, 0.3) is 6.43 Å². The van der Waals surface area contributed by atoms with Gasteiger partial charge in [0.1, 0.15) is 0 Å². The van der Waals surface area contributed by atoms with E-state index in [0.29, 0.717) is 25.2 Å². The Morgan fingerprint density at radius 3 is 3.11 bits per heavy atom. The second-order valence-corrected chi connectivity index (χ2v) is 4.12. The lowest BCUT2D eigenvalue weighted by atomic mass is 10.1. The number of hydrogen-bond donors (Lipinski definition) is 2. The first-order chi connectivity index (χ1) is 8.56. The molecular weight excluding hydrogens is 242 g/mol. The average Bonchev–Trinajstić information content (AvgIpc) is 2.34. The van der Waals surface area contributed by atoms with Gasteiger partial charge in [-0.1, -0.05) is 0 Å². The number of pyridine rings is 1. The second-order valence-electron chi connectivity index (χ2n) is 4.12. The maximum absolute atomic E-state index is 12.0. The lowest BCUT2D eigenvalue weighted by Crippen LogP contribution is -2.44. The number of alkyl halides is 2. The summed E-state index contributed by atoms with van der Waals surface area (Å²) < 4.78 is 24.0. The van der Waals surface area contributed by atoms with E-state index in [9.17, 15) is 13.6 Å². The van der Waals surface area contributed by atoms with E-state index in [-0.39, 0.29) is 0 Å². The molecule has 98 valence electrons. The molecule has 1 aliphatic heterocycles. The molecule has 0 spiro atoms. The molecule has 2 amide bonds. The highest BCUT2D eigenvalue weighted by atomic mass is 19.3. The Bertz CT molecular complexity index is 453. The van der Waals surface area contributed by atoms with Gasteiger partial charge in [-0.15, -0.1) is 0 Å². The molecule has 7 heteroatoms. The molecule has 0 saturated carbocycles. The van der Waals surface area contributed by atoms with Gasteiger partial charge in [0, 0.05) is 25.2 Å². The van der Waals surface area contributed by atoms with Gasteiger partial charge in [-0.25, -0.2) is 13.6 Å². The number of urea groups is 1. The SMILES string of the molecule is Nc1cnc2c(c1)CN(C(=O)NCC(F)F)CC2. The van der Waals surface area contributed by atoms with Crippen LogP contribution in [0.15, 0.2) is 12.3 Å². The van der Waals surface area contributed by atoms with Gasteiger partial charge in [-0.05, 0) is 11.6 Å². The van der Waals surface area contributed by atoms with Crippen molar-refractivity contribution in [1.29, 1.82) is 0 Å². The van der Waals surface area contributed by atoms with E-state index in [0.717, 1.165) is 11.3 Å². The standard InChI is InChI=1S/C11H14F2N4O/c12-10(13)5-16-11(18)17-2-1-9-7(6-17)3-8(14)4-15-9/h3-4,10H,1-2,5-6,14H2,(H,16,18). The topological polar surface area (TPSA) is 71.2 Å². The third kappa shape index (κ3) is 2.85. The Balaban J connectivity index is 2.00. The van der Waals surface area contributed by atoms with Gasteiger partial charge < -0.3 is 16.0 Å². The first-order valence-electron chi connectivity index (χ1n) is 5.60. The first-order valence-corrected chi connectivity index (χ1v) is 5.60. The number of hydrogen-bond acceptors (Lipinski definition) is 3. The van der Waals surface area contributed by atoms with Crippen LogP contribution in [0.2, 0.25) is 0 Å². The Morgan fingerprint density at radius 2 is 2.39 bits per heavy atom. The fourth-order valence-electron chi connectivity index (χ4n) is 1.89. The van der Waals surface area contributed by atoms with Crippen LogP contribution in [-0.2, 0) is 13.0 Å². The van der Waals surface area contributed by atoms with E-state index in [1.165, 1.54) is 4.90 Å². The molecule has 1 aromatic rings. The second kappa shape index (κ2) is 5.16. The van der Waals surface area contributed by atoms with Crippen molar-refractivity contribution in [3.8, 4) is 0 Å². The van der Waals surface area contributed by atoms with Crippen molar-refractivity contribution in [3.05, 3.63) is 23.5 Å². The number of rotatable bonds is 2. The molecule has 0 atom stereocenters. The van der Waals surface area contributed by atoms with Crippen molar-refractivity contribution in [2.45, 2.75) is 19.4 Å². The number of nitrogens with two attached hydrogens (primary N) is 1. The van der Waals surface area contributed by atoms with Gasteiger partial charge in [-0.2, -0.15) is 0 Å². The lowest BCUT2D eigenvalue weighted by Gasteiger charge is -2.28. The molecule has 0 bridgehead atoms. The van der Waals surface area contributed by atoms with Crippen molar-refractivity contribution < 1.29 is 13.6 Å². The third-order valence-electron chi connectivity index (χ3n) is 2.76. The van der Waals surface area contributed by atoms with E-state index in [4.69, 9.17) is 5.73 Å². The number of nitrogen functional groups attached to an aromatic ring is 1. The zero-order valence-corrected chi connectivity index (χ0v) is 9.70. The highest BCUT2D eigenvalue weighted by Crippen LogP contribution is 2.18. The van der Waals surface area contributed by atoms with E-state index in [2.05, 4.69) is 10.3 Å². The molecule has 2 rings (SSSR count). The molecule has 0 fully saturated rings. The summed E-state index contributed by atoms with van der Waals surface area (Å²) in [5.74, 6) is 0. The van der Waals surface area contributed by atoms with Crippen molar-refractivity contribution in [1.82, 2.24) is 15.2 Å². The number of halogens is 2. The highest BCUT2D eigenvalue weighted by molar-refractivity contribution is 5.74. The number of nitrogens with one attached hydrogen (secondary N) is 1. The molecule has 0 saturated heterocycles. The predicted octanol–water partition coefficient (Wildman–Crippen LogP) is 0.997. The predicted molar refractivity (Wildman–Crippen MR) is 62.2 cm³/mol. The quantitative estimate of drug-likeness (QED) is 0.829. The van der Waals surface area contributed by atoms with Gasteiger partial charge in [0.05, 0.1) is 18.4 Å². The van der Waals surface area contributed by atoms with Crippen molar-refractivity contribution >= 4 is 11.7 Å². The van der Waals surface area contributed by atoms with E-state index >= 15 is 0 Å². The molecule has 0 radical (unpaired) electrons. The number of carbonyl (C=O) groups excluding carboxylic acids is 1. The Kier molecular flexibility index (Phi) is 3.59. The largest absolute Gasteiger partial charge is 0.397 e. The van der Waals surface area contributed by atoms with Gasteiger partial charge in [-0.3, -0.25) is 4.98 Å². The molecule has 0 aromatic carbocycles. The summed E-state index contributed by atoms with van der Waals surface area (Å²) in [5.41, 5.74) is 7.93. The minimum absolute atomic E-state index is 0.350. The molecule has 1 aliphatic rings. The molecule has 2 heterocycles. The van der Waals surface area contributed by atoms with Crippen molar-refractivity contribution in [2.75, 3.05) is 18.8 Å². The zero-order chi connectivity index (χ0) is 13.1. The van der Waals surface area contributed by atoms with E-state index < -0.39 is 19.0 Å². The summed E-state index contributed by atoms with van der Waals surface area (Å²) in [4.78, 5) is 17.3. The molecule has 18 heavy (non-hydrogen) atoms. The smallest absolute Gasteiger partial charge is 0.317 e. The number of anilines is 1. The number of fused-ring (bicyclic) bond motifs is 1. The van der Waals surface area contributed by atoms with Crippen molar-refractivity contribution in [3.63, 3.8) is 0 Å². The zero-order valence-electron chi connectivity index (χ0n) is 9.70. The number of amides is 2. The highest BCUT2D eigenvalue weighted by Gasteiger charge is 2.21. The number of aromatic nitrogens is 1. The normalized spacial score (nSPS) is 14.5. The van der Waals surface area contributed by atoms with Crippen LogP contribution >= 0.6 is 0 Å². The van der Waals surface area contributed by atoms with Crippen LogP contribution < -0.4 is 11.1 Å².